The second-order valence-electron chi connectivity index (χ2n) is 4.04. The summed E-state index contributed by atoms with van der Waals surface area (Å²) in [6.45, 7) is 4.36. The van der Waals surface area contributed by atoms with E-state index in [2.05, 4.69) is 13.8 Å². The third-order valence-corrected chi connectivity index (χ3v) is 2.33. The van der Waals surface area contributed by atoms with Crippen molar-refractivity contribution in [2.75, 3.05) is 7.11 Å². The molecule has 0 aliphatic heterocycles. The number of hydrogen-bond donors (Lipinski definition) is 1. The van der Waals surface area contributed by atoms with Crippen LogP contribution in [0, 0.1) is 0 Å². The summed E-state index contributed by atoms with van der Waals surface area (Å²) < 4.78 is 9.84. The predicted octanol–water partition coefficient (Wildman–Crippen LogP) is 3.27. The molecule has 0 unspecified atom stereocenters. The highest BCUT2D eigenvalue weighted by Gasteiger charge is 2.07. The molecule has 5 heteroatoms. The Morgan fingerprint density at radius 1 is 1.00 bits per heavy atom. The molecule has 0 saturated carbocycles. The molecule has 5 nitrogen and oxygen atoms in total. The van der Waals surface area contributed by atoms with Crippen molar-refractivity contribution in [3.05, 3.63) is 24.3 Å². The number of carboxylic acids is 1. The van der Waals surface area contributed by atoms with E-state index in [1.807, 2.05) is 0 Å². The zero-order valence-corrected chi connectivity index (χ0v) is 12.2. The number of hydrogen-bond acceptors (Lipinski definition) is 4. The predicted molar refractivity (Wildman–Crippen MR) is 76.1 cm³/mol. The van der Waals surface area contributed by atoms with Crippen LogP contribution in [0.1, 0.15) is 39.5 Å². The fourth-order valence-electron chi connectivity index (χ4n) is 1.04. The first kappa shape index (κ1) is 18.0. The quantitative estimate of drug-likeness (QED) is 0.640. The summed E-state index contributed by atoms with van der Waals surface area (Å²) in [5.74, 6) is -0.555. The lowest BCUT2D eigenvalue weighted by molar-refractivity contribution is -0.142. The van der Waals surface area contributed by atoms with Gasteiger partial charge in [0.2, 0.25) is 0 Å². The molecule has 1 rings (SSSR count). The molecule has 1 aromatic carbocycles. The van der Waals surface area contributed by atoms with E-state index in [0.717, 1.165) is 0 Å². The molecule has 0 aliphatic carbocycles. The number of carbonyl (C=O) groups is 2. The highest BCUT2D eigenvalue weighted by atomic mass is 16.5. The lowest BCUT2D eigenvalue weighted by atomic mass is 10.3. The van der Waals surface area contributed by atoms with Crippen molar-refractivity contribution in [1.82, 2.24) is 0 Å². The van der Waals surface area contributed by atoms with Gasteiger partial charge in [-0.1, -0.05) is 26.7 Å². The van der Waals surface area contributed by atoms with Crippen molar-refractivity contribution in [2.24, 2.45) is 0 Å². The molecule has 0 radical (unpaired) electrons. The van der Waals surface area contributed by atoms with Gasteiger partial charge in [-0.05, 0) is 24.3 Å². The van der Waals surface area contributed by atoms with Gasteiger partial charge >= 0.3 is 11.9 Å². The molecule has 1 N–H and O–H groups in total. The van der Waals surface area contributed by atoms with Crippen LogP contribution >= 0.6 is 0 Å². The van der Waals surface area contributed by atoms with Crippen LogP contribution in [0.25, 0.3) is 0 Å². The van der Waals surface area contributed by atoms with Crippen LogP contribution in [0.3, 0.4) is 0 Å². The summed E-state index contributed by atoms with van der Waals surface area (Å²) in [7, 11) is 1.54. The Hall–Kier alpha value is -2.04. The van der Waals surface area contributed by atoms with Gasteiger partial charge in [0.15, 0.2) is 0 Å². The van der Waals surface area contributed by atoms with Gasteiger partial charge < -0.3 is 14.6 Å². The lowest BCUT2D eigenvalue weighted by Crippen LogP contribution is -2.10. The molecule has 0 heterocycles. The minimum atomic E-state index is -1.02. The van der Waals surface area contributed by atoms with E-state index in [-0.39, 0.29) is 12.8 Å². The van der Waals surface area contributed by atoms with Crippen LogP contribution < -0.4 is 9.47 Å². The topological polar surface area (TPSA) is 72.8 Å². The van der Waals surface area contributed by atoms with E-state index in [9.17, 15) is 9.59 Å². The maximum Gasteiger partial charge on any atom is 0.311 e. The van der Waals surface area contributed by atoms with Gasteiger partial charge in [0.25, 0.3) is 0 Å². The van der Waals surface area contributed by atoms with Crippen LogP contribution in [0.2, 0.25) is 0 Å². The van der Waals surface area contributed by atoms with Gasteiger partial charge in [0, 0.05) is 0 Å². The average Bonchev–Trinajstić information content (AvgIpc) is 2.46. The summed E-state index contributed by atoms with van der Waals surface area (Å²) in [6, 6.07) is 6.47. The number of unbranched alkanes of at least 4 members (excludes halogenated alkanes) is 1. The van der Waals surface area contributed by atoms with Crippen LogP contribution in [0.5, 0.6) is 11.5 Å². The van der Waals surface area contributed by atoms with E-state index in [1.165, 1.54) is 20.0 Å². The standard InChI is InChI=1S/C11H12O5.C4H10/c1-15-8-2-4-9(5-3-8)16-11(14)7-6-10(12)13;1-3-4-2/h2-5H,6-7H2,1H3,(H,12,13);3-4H2,1-2H3. The summed E-state index contributed by atoms with van der Waals surface area (Å²) in [4.78, 5) is 21.4. The Bertz CT molecular complexity index is 395. The van der Waals surface area contributed by atoms with Gasteiger partial charge in [-0.25, -0.2) is 0 Å². The number of carboxylic acid groups (broad SMARTS) is 1. The second-order valence-corrected chi connectivity index (χ2v) is 4.04. The second kappa shape index (κ2) is 10.8. The van der Waals surface area contributed by atoms with Crippen LogP contribution in [-0.2, 0) is 9.59 Å². The molecule has 112 valence electrons. The largest absolute Gasteiger partial charge is 0.497 e. The minimum Gasteiger partial charge on any atom is -0.497 e. The minimum absolute atomic E-state index is 0.138. The molecule has 1 aromatic rings. The smallest absolute Gasteiger partial charge is 0.311 e. The Kier molecular flexibility index (Phi) is 9.74. The Morgan fingerprint density at radius 3 is 1.90 bits per heavy atom. The van der Waals surface area contributed by atoms with Crippen LogP contribution in [-0.4, -0.2) is 24.2 Å². The highest BCUT2D eigenvalue weighted by molar-refractivity contribution is 5.78. The fraction of sp³-hybridized carbons (Fsp3) is 0.467. The first-order valence-corrected chi connectivity index (χ1v) is 6.60. The van der Waals surface area contributed by atoms with E-state index in [0.29, 0.717) is 11.5 Å². The van der Waals surface area contributed by atoms with Gasteiger partial charge in [-0.2, -0.15) is 0 Å². The van der Waals surface area contributed by atoms with Crippen molar-refractivity contribution in [3.63, 3.8) is 0 Å². The highest BCUT2D eigenvalue weighted by Crippen LogP contribution is 2.17. The van der Waals surface area contributed by atoms with E-state index in [4.69, 9.17) is 14.6 Å². The normalized spacial score (nSPS) is 9.15. The van der Waals surface area contributed by atoms with Gasteiger partial charge in [0.05, 0.1) is 20.0 Å². The molecule has 0 fully saturated rings. The Morgan fingerprint density at radius 2 is 1.50 bits per heavy atom. The SMILES string of the molecule is CCCC.COc1ccc(OC(=O)CCC(=O)O)cc1. The first-order valence-electron chi connectivity index (χ1n) is 6.60. The van der Waals surface area contributed by atoms with Crippen molar-refractivity contribution >= 4 is 11.9 Å². The van der Waals surface area contributed by atoms with Crippen LogP contribution in [0.4, 0.5) is 0 Å². The van der Waals surface area contributed by atoms with E-state index >= 15 is 0 Å². The van der Waals surface area contributed by atoms with Crippen molar-refractivity contribution in [3.8, 4) is 11.5 Å². The van der Waals surface area contributed by atoms with Gasteiger partial charge in [0.1, 0.15) is 11.5 Å². The maximum absolute atomic E-state index is 11.2. The summed E-state index contributed by atoms with van der Waals surface area (Å²) >= 11 is 0. The molecule has 0 saturated heterocycles. The van der Waals surface area contributed by atoms with Gasteiger partial charge in [-0.3, -0.25) is 9.59 Å². The maximum atomic E-state index is 11.2. The molecule has 0 bridgehead atoms. The Balaban J connectivity index is 0.000000796. The summed E-state index contributed by atoms with van der Waals surface area (Å²) in [6.07, 6.45) is 2.27. The number of carbonyl (C=O) groups excluding carboxylic acids is 1. The van der Waals surface area contributed by atoms with Gasteiger partial charge in [-0.15, -0.1) is 0 Å². The molecule has 20 heavy (non-hydrogen) atoms. The Labute approximate surface area is 119 Å². The molecular weight excluding hydrogens is 260 g/mol. The number of ether oxygens (including phenoxy) is 2. The number of esters is 1. The fourth-order valence-corrected chi connectivity index (χ4v) is 1.04. The van der Waals surface area contributed by atoms with Crippen LogP contribution in [0.15, 0.2) is 24.3 Å². The van der Waals surface area contributed by atoms with E-state index in [1.54, 1.807) is 24.3 Å². The first-order chi connectivity index (χ1) is 9.53. The number of aliphatic carboxylic acids is 1. The van der Waals surface area contributed by atoms with E-state index < -0.39 is 11.9 Å². The zero-order chi connectivity index (χ0) is 15.4. The molecule has 0 spiro atoms. The zero-order valence-electron chi connectivity index (χ0n) is 12.2. The molecule has 0 aromatic heterocycles. The number of methoxy groups -OCH3 is 1. The lowest BCUT2D eigenvalue weighted by Gasteiger charge is -2.04. The summed E-state index contributed by atoms with van der Waals surface area (Å²) in [5, 5.41) is 8.37. The average molecular weight is 282 g/mol. The number of benzene rings is 1. The molecular formula is C15H22O5. The third-order valence-electron chi connectivity index (χ3n) is 2.33. The van der Waals surface area contributed by atoms with Crippen molar-refractivity contribution < 1.29 is 24.2 Å². The third kappa shape index (κ3) is 8.97. The molecule has 0 amide bonds. The molecule has 0 aliphatic rings. The van der Waals surface area contributed by atoms with Crippen molar-refractivity contribution in [1.29, 1.82) is 0 Å². The monoisotopic (exact) mass is 282 g/mol. The van der Waals surface area contributed by atoms with Crippen molar-refractivity contribution in [2.45, 2.75) is 39.5 Å². The molecule has 0 atom stereocenters. The summed E-state index contributed by atoms with van der Waals surface area (Å²) in [5.41, 5.74) is 0. The number of rotatable bonds is 6.